The quantitative estimate of drug-likeness (QED) is 0.0915. The van der Waals surface area contributed by atoms with E-state index in [0.29, 0.717) is 38.7 Å². The van der Waals surface area contributed by atoms with Gasteiger partial charge in [0.15, 0.2) is 0 Å². The molecule has 0 aromatic heterocycles. The summed E-state index contributed by atoms with van der Waals surface area (Å²) in [5.74, 6) is -1.53. The van der Waals surface area contributed by atoms with Crippen LogP contribution in [0.1, 0.15) is 69.9 Å². The number of benzene rings is 2. The smallest absolute Gasteiger partial charge is 0.407 e. The molecule has 0 spiro atoms. The third-order valence-electron chi connectivity index (χ3n) is 6.97. The van der Waals surface area contributed by atoms with Crippen molar-refractivity contribution in [2.45, 2.75) is 70.4 Å². The standard InChI is InChI=1S/C33H42N2O7/c1-5-12-24(20-40-22-36)35-31(38)23(13-10-11-18-34-32(39)42-33(2,3)4)19-30(37)41-21-29-27-16-8-6-14-25(27)26-15-7-9-17-28(26)29/h5-9,14-17,22-24,29H,1,10-13,18-21H2,2-4H3,(H,34,39)(H,35,38)/t23-,24+/m1/s1. The molecular formula is C33H42N2O7. The molecule has 0 heterocycles. The zero-order chi connectivity index (χ0) is 30.5. The van der Waals surface area contributed by atoms with Crippen molar-refractivity contribution >= 4 is 24.4 Å². The Balaban J connectivity index is 1.60. The average Bonchev–Trinajstić information content (AvgIpc) is 3.26. The lowest BCUT2D eigenvalue weighted by atomic mass is 9.96. The number of esters is 1. The van der Waals surface area contributed by atoms with E-state index < -0.39 is 29.6 Å². The number of amides is 2. The van der Waals surface area contributed by atoms with Crippen LogP contribution in [0.2, 0.25) is 0 Å². The van der Waals surface area contributed by atoms with Crippen LogP contribution in [0, 0.1) is 5.92 Å². The van der Waals surface area contributed by atoms with Crippen molar-refractivity contribution in [3.05, 3.63) is 72.3 Å². The number of carbonyl (C=O) groups is 4. The molecule has 1 aliphatic rings. The summed E-state index contributed by atoms with van der Waals surface area (Å²) >= 11 is 0. The monoisotopic (exact) mass is 578 g/mol. The lowest BCUT2D eigenvalue weighted by Gasteiger charge is -2.22. The van der Waals surface area contributed by atoms with Gasteiger partial charge < -0.3 is 24.8 Å². The van der Waals surface area contributed by atoms with E-state index >= 15 is 0 Å². The summed E-state index contributed by atoms with van der Waals surface area (Å²) in [7, 11) is 0. The van der Waals surface area contributed by atoms with Gasteiger partial charge in [0.25, 0.3) is 6.47 Å². The van der Waals surface area contributed by atoms with Gasteiger partial charge in [-0.2, -0.15) is 0 Å². The van der Waals surface area contributed by atoms with Crippen LogP contribution >= 0.6 is 0 Å². The van der Waals surface area contributed by atoms with Crippen molar-refractivity contribution in [3.8, 4) is 11.1 Å². The first-order chi connectivity index (χ1) is 20.1. The predicted octanol–water partition coefficient (Wildman–Crippen LogP) is 5.28. The molecule has 0 aliphatic heterocycles. The summed E-state index contributed by atoms with van der Waals surface area (Å²) in [6.45, 7) is 9.94. The highest BCUT2D eigenvalue weighted by Crippen LogP contribution is 2.44. The molecule has 2 atom stereocenters. The van der Waals surface area contributed by atoms with Crippen LogP contribution in [-0.2, 0) is 28.6 Å². The summed E-state index contributed by atoms with van der Waals surface area (Å²) in [4.78, 5) is 48.9. The largest absolute Gasteiger partial charge is 0.466 e. The summed E-state index contributed by atoms with van der Waals surface area (Å²) < 4.78 is 15.9. The molecule has 9 heteroatoms. The molecule has 0 saturated carbocycles. The van der Waals surface area contributed by atoms with Gasteiger partial charge in [0.2, 0.25) is 5.91 Å². The number of fused-ring (bicyclic) bond motifs is 3. The minimum atomic E-state index is -0.661. The molecule has 9 nitrogen and oxygen atoms in total. The van der Waals surface area contributed by atoms with E-state index in [0.717, 1.165) is 22.3 Å². The molecule has 1 aliphatic carbocycles. The highest BCUT2D eigenvalue weighted by molar-refractivity contribution is 5.84. The van der Waals surface area contributed by atoms with E-state index in [1.165, 1.54) is 0 Å². The highest BCUT2D eigenvalue weighted by Gasteiger charge is 2.30. The summed E-state index contributed by atoms with van der Waals surface area (Å²) in [6, 6.07) is 15.7. The van der Waals surface area contributed by atoms with E-state index in [9.17, 15) is 19.2 Å². The Morgan fingerprint density at radius 2 is 1.64 bits per heavy atom. The number of carbonyl (C=O) groups excluding carboxylic acids is 4. The first kappa shape index (κ1) is 32.4. The fraction of sp³-hybridized carbons (Fsp3) is 0.455. The summed E-state index contributed by atoms with van der Waals surface area (Å²) in [6.07, 6.45) is 3.01. The Morgan fingerprint density at radius 3 is 2.24 bits per heavy atom. The number of rotatable bonds is 16. The Morgan fingerprint density at radius 1 is 1.00 bits per heavy atom. The van der Waals surface area contributed by atoms with E-state index in [1.54, 1.807) is 26.8 Å². The predicted molar refractivity (Wildman–Crippen MR) is 160 cm³/mol. The van der Waals surface area contributed by atoms with E-state index in [1.807, 2.05) is 24.3 Å². The minimum Gasteiger partial charge on any atom is -0.466 e. The molecular weight excluding hydrogens is 536 g/mol. The van der Waals surface area contributed by atoms with Gasteiger partial charge in [0, 0.05) is 18.4 Å². The first-order valence-corrected chi connectivity index (χ1v) is 14.4. The highest BCUT2D eigenvalue weighted by atomic mass is 16.6. The van der Waals surface area contributed by atoms with Crippen LogP contribution in [0.25, 0.3) is 11.1 Å². The fourth-order valence-corrected chi connectivity index (χ4v) is 5.07. The number of nitrogens with one attached hydrogen (secondary N) is 2. The van der Waals surface area contributed by atoms with Crippen LogP contribution in [0.3, 0.4) is 0 Å². The lowest BCUT2D eigenvalue weighted by molar-refractivity contribution is -0.147. The average molecular weight is 579 g/mol. The van der Waals surface area contributed by atoms with Crippen LogP contribution in [0.15, 0.2) is 61.2 Å². The van der Waals surface area contributed by atoms with Gasteiger partial charge in [-0.15, -0.1) is 6.58 Å². The normalized spacial score (nSPS) is 13.6. The molecule has 42 heavy (non-hydrogen) atoms. The van der Waals surface area contributed by atoms with Crippen molar-refractivity contribution in [3.63, 3.8) is 0 Å². The number of hydrogen-bond acceptors (Lipinski definition) is 7. The van der Waals surface area contributed by atoms with E-state index in [4.69, 9.17) is 14.2 Å². The molecule has 0 unspecified atom stereocenters. The van der Waals surface area contributed by atoms with Gasteiger partial charge in [-0.25, -0.2) is 4.79 Å². The molecule has 0 fully saturated rings. The van der Waals surface area contributed by atoms with Gasteiger partial charge in [-0.3, -0.25) is 14.4 Å². The van der Waals surface area contributed by atoms with Crippen LogP contribution in [0.4, 0.5) is 4.79 Å². The molecule has 3 rings (SSSR count). The molecule has 0 bridgehead atoms. The zero-order valence-electron chi connectivity index (χ0n) is 24.7. The van der Waals surface area contributed by atoms with Crippen molar-refractivity contribution < 1.29 is 33.4 Å². The van der Waals surface area contributed by atoms with Gasteiger partial charge in [0.1, 0.15) is 18.8 Å². The first-order valence-electron chi connectivity index (χ1n) is 14.4. The van der Waals surface area contributed by atoms with Gasteiger partial charge in [0.05, 0.1) is 12.5 Å². The molecule has 2 N–H and O–H groups in total. The summed E-state index contributed by atoms with van der Waals surface area (Å²) in [5, 5.41) is 5.58. The van der Waals surface area contributed by atoms with Crippen LogP contribution < -0.4 is 10.6 Å². The Hall–Kier alpha value is -4.14. The number of unbranched alkanes of at least 4 members (excludes halogenated alkanes) is 1. The molecule has 2 aromatic rings. The molecule has 226 valence electrons. The molecule has 2 aromatic carbocycles. The van der Waals surface area contributed by atoms with Crippen molar-refractivity contribution in [1.82, 2.24) is 10.6 Å². The topological polar surface area (TPSA) is 120 Å². The van der Waals surface area contributed by atoms with E-state index in [2.05, 4.69) is 41.5 Å². The zero-order valence-corrected chi connectivity index (χ0v) is 24.7. The number of hydrogen-bond donors (Lipinski definition) is 2. The number of ether oxygens (including phenoxy) is 3. The summed E-state index contributed by atoms with van der Waals surface area (Å²) in [5.41, 5.74) is 3.90. The second-order valence-electron chi connectivity index (χ2n) is 11.4. The maximum absolute atomic E-state index is 13.3. The number of alkyl carbamates (subject to hydrolysis) is 1. The Labute approximate surface area is 248 Å². The molecule has 2 amide bonds. The maximum atomic E-state index is 13.3. The van der Waals surface area contributed by atoms with Crippen LogP contribution in [0.5, 0.6) is 0 Å². The minimum absolute atomic E-state index is 0.00126. The second kappa shape index (κ2) is 15.7. The molecule has 0 saturated heterocycles. The lowest BCUT2D eigenvalue weighted by Crippen LogP contribution is -2.42. The third-order valence-corrected chi connectivity index (χ3v) is 6.97. The fourth-order valence-electron chi connectivity index (χ4n) is 5.07. The van der Waals surface area contributed by atoms with E-state index in [-0.39, 0.29) is 31.5 Å². The second-order valence-corrected chi connectivity index (χ2v) is 11.4. The van der Waals surface area contributed by atoms with Gasteiger partial charge >= 0.3 is 12.1 Å². The van der Waals surface area contributed by atoms with Gasteiger partial charge in [-0.1, -0.05) is 61.0 Å². The van der Waals surface area contributed by atoms with Crippen molar-refractivity contribution in [2.75, 3.05) is 19.8 Å². The van der Waals surface area contributed by atoms with Crippen LogP contribution in [-0.4, -0.2) is 55.8 Å². The maximum Gasteiger partial charge on any atom is 0.407 e. The van der Waals surface area contributed by atoms with Gasteiger partial charge in [-0.05, 0) is 62.3 Å². The Bertz CT molecular complexity index is 1190. The molecule has 0 radical (unpaired) electrons. The SMILES string of the molecule is C=CC[C@@H](COC=O)NC(=O)[C@H](CCCCNC(=O)OC(C)(C)C)CC(=O)OCC1c2ccccc2-c2ccccc21. The third kappa shape index (κ3) is 9.75. The van der Waals surface area contributed by atoms with Crippen molar-refractivity contribution in [1.29, 1.82) is 0 Å². The van der Waals surface area contributed by atoms with Crippen molar-refractivity contribution in [2.24, 2.45) is 5.92 Å². The Kier molecular flexibility index (Phi) is 12.1.